The predicted octanol–water partition coefficient (Wildman–Crippen LogP) is 1.52. The molecule has 0 aliphatic rings. The number of carbonyl (C=O) groups is 1. The predicted molar refractivity (Wildman–Crippen MR) is 51.3 cm³/mol. The zero-order valence-corrected chi connectivity index (χ0v) is 9.17. The van der Waals surface area contributed by atoms with Crippen LogP contribution in [-0.4, -0.2) is 22.9 Å². The fourth-order valence-electron chi connectivity index (χ4n) is 0.948. The molecule has 1 aromatic rings. The monoisotopic (exact) mass is 246 g/mol. The molecule has 4 nitrogen and oxygen atoms in total. The minimum atomic E-state index is -0.217. The Morgan fingerprint density at radius 3 is 2.92 bits per heavy atom. The van der Waals surface area contributed by atoms with E-state index in [4.69, 9.17) is 0 Å². The van der Waals surface area contributed by atoms with Crippen LogP contribution in [0.3, 0.4) is 0 Å². The van der Waals surface area contributed by atoms with Crippen molar-refractivity contribution in [3.63, 3.8) is 0 Å². The fraction of sp³-hybridized carbons (Fsp3) is 0.500. The van der Waals surface area contributed by atoms with Gasteiger partial charge in [-0.1, -0.05) is 0 Å². The smallest absolute Gasteiger partial charge is 0.307 e. The summed E-state index contributed by atoms with van der Waals surface area (Å²) in [5.41, 5.74) is 1.02. The molecule has 0 amide bonds. The molecule has 5 heteroatoms. The topological polar surface area (TPSA) is 44.1 Å². The summed E-state index contributed by atoms with van der Waals surface area (Å²) < 4.78 is 7.25. The van der Waals surface area contributed by atoms with Gasteiger partial charge in [-0.25, -0.2) is 0 Å². The number of carbonyl (C=O) groups excluding carboxylic acids is 1. The van der Waals surface area contributed by atoms with Gasteiger partial charge in [0.1, 0.15) is 0 Å². The zero-order valence-electron chi connectivity index (χ0n) is 7.58. The summed E-state index contributed by atoms with van der Waals surface area (Å²) in [4.78, 5) is 10.8. The molecule has 0 saturated heterocycles. The fourth-order valence-corrected chi connectivity index (χ4v) is 1.24. The molecule has 1 rings (SSSR count). The highest BCUT2D eigenvalue weighted by atomic mass is 79.9. The van der Waals surface area contributed by atoms with E-state index in [0.29, 0.717) is 13.0 Å². The van der Waals surface area contributed by atoms with E-state index in [1.54, 1.807) is 10.9 Å². The van der Waals surface area contributed by atoms with Crippen molar-refractivity contribution in [2.45, 2.75) is 19.9 Å². The number of aromatic nitrogens is 2. The summed E-state index contributed by atoms with van der Waals surface area (Å²) in [6.07, 6.45) is 2.07. The summed E-state index contributed by atoms with van der Waals surface area (Å²) >= 11 is 3.34. The normalized spacial score (nSPS) is 10.1. The van der Waals surface area contributed by atoms with Crippen molar-refractivity contribution >= 4 is 21.9 Å². The van der Waals surface area contributed by atoms with Gasteiger partial charge in [-0.05, 0) is 22.9 Å². The standard InChI is InChI=1S/C8H11BrN2O2/c1-6-7(9)5-10-11(6)4-3-8(12)13-2/h5H,3-4H2,1-2H3. The molecule has 0 aliphatic heterocycles. The Labute approximate surface area is 85.0 Å². The van der Waals surface area contributed by atoms with Gasteiger partial charge < -0.3 is 4.74 Å². The largest absolute Gasteiger partial charge is 0.469 e. The maximum absolute atomic E-state index is 10.8. The van der Waals surface area contributed by atoms with Crippen molar-refractivity contribution in [3.05, 3.63) is 16.4 Å². The molecular weight excluding hydrogens is 236 g/mol. The summed E-state index contributed by atoms with van der Waals surface area (Å²) in [5, 5.41) is 4.08. The zero-order chi connectivity index (χ0) is 9.84. The van der Waals surface area contributed by atoms with E-state index in [9.17, 15) is 4.79 Å². The van der Waals surface area contributed by atoms with E-state index in [1.165, 1.54) is 7.11 Å². The maximum atomic E-state index is 10.8. The molecule has 1 heterocycles. The molecule has 0 unspecified atom stereocenters. The Bertz CT molecular complexity index is 309. The average molecular weight is 247 g/mol. The summed E-state index contributed by atoms with van der Waals surface area (Å²) in [6, 6.07) is 0. The molecule has 0 radical (unpaired) electrons. The second-order valence-corrected chi connectivity index (χ2v) is 3.48. The van der Waals surface area contributed by atoms with Gasteiger partial charge in [0.15, 0.2) is 0 Å². The highest BCUT2D eigenvalue weighted by Crippen LogP contribution is 2.14. The number of nitrogens with zero attached hydrogens (tertiary/aromatic N) is 2. The Hall–Kier alpha value is -0.840. The van der Waals surface area contributed by atoms with Gasteiger partial charge in [0.25, 0.3) is 0 Å². The van der Waals surface area contributed by atoms with Crippen LogP contribution < -0.4 is 0 Å². The van der Waals surface area contributed by atoms with Gasteiger partial charge in [0.2, 0.25) is 0 Å². The minimum absolute atomic E-state index is 0.217. The second kappa shape index (κ2) is 4.41. The number of hydrogen-bond acceptors (Lipinski definition) is 3. The minimum Gasteiger partial charge on any atom is -0.469 e. The van der Waals surface area contributed by atoms with Crippen LogP contribution in [0.15, 0.2) is 10.7 Å². The highest BCUT2D eigenvalue weighted by molar-refractivity contribution is 9.10. The molecule has 0 spiro atoms. The van der Waals surface area contributed by atoms with Crippen molar-refractivity contribution in [2.75, 3.05) is 7.11 Å². The Balaban J connectivity index is 2.55. The lowest BCUT2D eigenvalue weighted by atomic mass is 10.4. The third-order valence-corrected chi connectivity index (χ3v) is 2.58. The van der Waals surface area contributed by atoms with Gasteiger partial charge in [-0.2, -0.15) is 5.10 Å². The first kappa shape index (κ1) is 10.2. The van der Waals surface area contributed by atoms with Crippen molar-refractivity contribution < 1.29 is 9.53 Å². The van der Waals surface area contributed by atoms with Gasteiger partial charge in [0.05, 0.1) is 30.7 Å². The van der Waals surface area contributed by atoms with Crippen molar-refractivity contribution in [3.8, 4) is 0 Å². The Kier molecular flexibility index (Phi) is 3.48. The molecule has 0 N–H and O–H groups in total. The number of aryl methyl sites for hydroxylation is 1. The maximum Gasteiger partial charge on any atom is 0.307 e. The van der Waals surface area contributed by atoms with Crippen molar-refractivity contribution in [2.24, 2.45) is 0 Å². The number of rotatable bonds is 3. The summed E-state index contributed by atoms with van der Waals surface area (Å²) in [6.45, 7) is 2.50. The van der Waals surface area contributed by atoms with Crippen LogP contribution in [0.1, 0.15) is 12.1 Å². The molecule has 0 fully saturated rings. The molecule has 1 aromatic heterocycles. The molecule has 0 aliphatic carbocycles. The number of hydrogen-bond donors (Lipinski definition) is 0. The second-order valence-electron chi connectivity index (χ2n) is 2.63. The van der Waals surface area contributed by atoms with Crippen molar-refractivity contribution in [1.82, 2.24) is 9.78 Å². The third kappa shape index (κ3) is 2.55. The van der Waals surface area contributed by atoms with Crippen LogP contribution in [0.5, 0.6) is 0 Å². The van der Waals surface area contributed by atoms with Gasteiger partial charge in [-0.3, -0.25) is 9.48 Å². The molecule has 0 aromatic carbocycles. The molecule has 13 heavy (non-hydrogen) atoms. The number of ether oxygens (including phenoxy) is 1. The Morgan fingerprint density at radius 2 is 2.46 bits per heavy atom. The van der Waals surface area contributed by atoms with Crippen LogP contribution >= 0.6 is 15.9 Å². The average Bonchev–Trinajstić information content (AvgIpc) is 2.44. The first-order valence-corrected chi connectivity index (χ1v) is 4.69. The number of methoxy groups -OCH3 is 1. The molecule has 0 bridgehead atoms. The van der Waals surface area contributed by atoms with Crippen molar-refractivity contribution in [1.29, 1.82) is 0 Å². The van der Waals surface area contributed by atoms with Crippen LogP contribution in [0.25, 0.3) is 0 Å². The summed E-state index contributed by atoms with van der Waals surface area (Å²) in [7, 11) is 1.38. The first-order valence-electron chi connectivity index (χ1n) is 3.90. The molecule has 0 atom stereocenters. The van der Waals surface area contributed by atoms with Crippen LogP contribution in [0.2, 0.25) is 0 Å². The van der Waals surface area contributed by atoms with E-state index in [-0.39, 0.29) is 5.97 Å². The molecule has 72 valence electrons. The van der Waals surface area contributed by atoms with Gasteiger partial charge >= 0.3 is 5.97 Å². The third-order valence-electron chi connectivity index (χ3n) is 1.80. The van der Waals surface area contributed by atoms with E-state index in [2.05, 4.69) is 25.8 Å². The lowest BCUT2D eigenvalue weighted by Gasteiger charge is -2.02. The first-order chi connectivity index (χ1) is 6.15. The number of halogens is 1. The highest BCUT2D eigenvalue weighted by Gasteiger charge is 2.05. The lowest BCUT2D eigenvalue weighted by Crippen LogP contribution is -2.09. The number of esters is 1. The van der Waals surface area contributed by atoms with E-state index < -0.39 is 0 Å². The van der Waals surface area contributed by atoms with E-state index >= 15 is 0 Å². The lowest BCUT2D eigenvalue weighted by molar-refractivity contribution is -0.140. The molecule has 0 saturated carbocycles. The summed E-state index contributed by atoms with van der Waals surface area (Å²) in [5.74, 6) is -0.217. The van der Waals surface area contributed by atoms with E-state index in [0.717, 1.165) is 10.2 Å². The van der Waals surface area contributed by atoms with Crippen LogP contribution in [-0.2, 0) is 16.1 Å². The quantitative estimate of drug-likeness (QED) is 0.760. The van der Waals surface area contributed by atoms with E-state index in [1.807, 2.05) is 6.92 Å². The van der Waals surface area contributed by atoms with Crippen LogP contribution in [0.4, 0.5) is 0 Å². The van der Waals surface area contributed by atoms with Gasteiger partial charge in [-0.15, -0.1) is 0 Å². The van der Waals surface area contributed by atoms with Crippen LogP contribution in [0, 0.1) is 6.92 Å². The SMILES string of the molecule is COC(=O)CCn1ncc(Br)c1C. The Morgan fingerprint density at radius 1 is 1.77 bits per heavy atom. The van der Waals surface area contributed by atoms with Gasteiger partial charge in [0, 0.05) is 5.69 Å². The molecular formula is C8H11BrN2O2.